The lowest BCUT2D eigenvalue weighted by atomic mass is 9.66. The van der Waals surface area contributed by atoms with Crippen LogP contribution in [0.5, 0.6) is 11.5 Å². The minimum atomic E-state index is -0.802. The van der Waals surface area contributed by atoms with Gasteiger partial charge in [-0.15, -0.1) is 0 Å². The van der Waals surface area contributed by atoms with E-state index in [-0.39, 0.29) is 34.3 Å². The molecule has 2 atom stereocenters. The van der Waals surface area contributed by atoms with E-state index in [2.05, 4.69) is 11.9 Å². The standard InChI is InChI=1S/C22H26ClNO5/c1-6-29-21(27)17-11(2)24-14-9-22(3,4)10-15(25)19(14)18(17)12-7-13(23)20(26)16(8-12)28-5/h7-8,17-18,24,26H,2,6,9-10H2,1,3-5H3. The van der Waals surface area contributed by atoms with E-state index in [1.165, 1.54) is 7.11 Å². The Hall–Kier alpha value is -2.47. The Morgan fingerprint density at radius 2 is 2.07 bits per heavy atom. The largest absolute Gasteiger partial charge is 0.503 e. The second-order valence-electron chi connectivity index (χ2n) is 8.24. The SMILES string of the molecule is C=C1NC2=C(C(=O)CC(C)(C)C2)C(c2cc(Cl)c(O)c(OC)c2)C1C(=O)OCC. The van der Waals surface area contributed by atoms with E-state index < -0.39 is 17.8 Å². The number of ether oxygens (including phenoxy) is 2. The average molecular weight is 420 g/mol. The van der Waals surface area contributed by atoms with Crippen molar-refractivity contribution in [3.63, 3.8) is 0 Å². The van der Waals surface area contributed by atoms with E-state index in [1.54, 1.807) is 19.1 Å². The molecule has 0 amide bonds. The van der Waals surface area contributed by atoms with Crippen LogP contribution in [-0.4, -0.2) is 30.6 Å². The molecular weight excluding hydrogens is 394 g/mol. The van der Waals surface area contributed by atoms with E-state index in [1.807, 2.05) is 13.8 Å². The molecule has 0 radical (unpaired) electrons. The Bertz CT molecular complexity index is 918. The second kappa shape index (κ2) is 7.75. The summed E-state index contributed by atoms with van der Waals surface area (Å²) < 4.78 is 10.5. The minimum Gasteiger partial charge on any atom is -0.503 e. The zero-order chi connectivity index (χ0) is 21.5. The topological polar surface area (TPSA) is 84.9 Å². The summed E-state index contributed by atoms with van der Waals surface area (Å²) in [7, 11) is 1.42. The van der Waals surface area contributed by atoms with Gasteiger partial charge in [-0.3, -0.25) is 9.59 Å². The number of hydrogen-bond donors (Lipinski definition) is 2. The molecule has 2 unspecified atom stereocenters. The average Bonchev–Trinajstić information content (AvgIpc) is 2.61. The van der Waals surface area contributed by atoms with Crippen LogP contribution in [0.15, 0.2) is 35.7 Å². The maximum absolute atomic E-state index is 13.2. The van der Waals surface area contributed by atoms with Crippen LogP contribution in [0.4, 0.5) is 0 Å². The first-order chi connectivity index (χ1) is 13.6. The highest BCUT2D eigenvalue weighted by atomic mass is 35.5. The van der Waals surface area contributed by atoms with Crippen LogP contribution in [0.25, 0.3) is 0 Å². The maximum Gasteiger partial charge on any atom is 0.315 e. The Balaban J connectivity index is 2.23. The number of ketones is 1. The minimum absolute atomic E-state index is 0.0290. The van der Waals surface area contributed by atoms with Gasteiger partial charge in [0, 0.05) is 29.3 Å². The van der Waals surface area contributed by atoms with Crippen molar-refractivity contribution in [1.82, 2.24) is 5.32 Å². The third-order valence-corrected chi connectivity index (χ3v) is 5.71. The molecule has 1 heterocycles. The first-order valence-corrected chi connectivity index (χ1v) is 9.92. The number of rotatable bonds is 4. The first-order valence-electron chi connectivity index (χ1n) is 9.54. The monoisotopic (exact) mass is 419 g/mol. The van der Waals surface area contributed by atoms with Gasteiger partial charge in [0.25, 0.3) is 0 Å². The number of esters is 1. The smallest absolute Gasteiger partial charge is 0.315 e. The molecule has 1 aliphatic carbocycles. The van der Waals surface area contributed by atoms with Crippen molar-refractivity contribution in [2.45, 2.75) is 39.5 Å². The number of carbonyl (C=O) groups is 2. The number of carbonyl (C=O) groups excluding carboxylic acids is 2. The Kier molecular flexibility index (Phi) is 5.68. The van der Waals surface area contributed by atoms with Gasteiger partial charge in [-0.2, -0.15) is 0 Å². The van der Waals surface area contributed by atoms with Crippen LogP contribution >= 0.6 is 11.6 Å². The molecule has 1 aromatic carbocycles. The number of aromatic hydroxyl groups is 1. The van der Waals surface area contributed by atoms with E-state index in [0.717, 1.165) is 5.70 Å². The zero-order valence-corrected chi connectivity index (χ0v) is 17.9. The van der Waals surface area contributed by atoms with Gasteiger partial charge in [-0.1, -0.05) is 32.0 Å². The third-order valence-electron chi connectivity index (χ3n) is 5.42. The third kappa shape index (κ3) is 3.86. The normalized spacial score (nSPS) is 23.3. The summed E-state index contributed by atoms with van der Waals surface area (Å²) in [6, 6.07) is 3.17. The van der Waals surface area contributed by atoms with Crippen molar-refractivity contribution in [2.75, 3.05) is 13.7 Å². The van der Waals surface area contributed by atoms with E-state index >= 15 is 0 Å². The van der Waals surface area contributed by atoms with Crippen LogP contribution in [0.3, 0.4) is 0 Å². The number of nitrogens with one attached hydrogen (secondary N) is 1. The molecule has 0 aromatic heterocycles. The fourth-order valence-corrected chi connectivity index (χ4v) is 4.46. The van der Waals surface area contributed by atoms with Crippen molar-refractivity contribution in [3.05, 3.63) is 46.3 Å². The number of allylic oxidation sites excluding steroid dienone is 2. The van der Waals surface area contributed by atoms with E-state index in [4.69, 9.17) is 21.1 Å². The van der Waals surface area contributed by atoms with Gasteiger partial charge in [-0.05, 0) is 36.5 Å². The molecule has 0 fully saturated rings. The summed E-state index contributed by atoms with van der Waals surface area (Å²) >= 11 is 6.21. The lowest BCUT2D eigenvalue weighted by molar-refractivity contribution is -0.147. The van der Waals surface area contributed by atoms with Gasteiger partial charge in [0.2, 0.25) is 0 Å². The van der Waals surface area contributed by atoms with Crippen LogP contribution in [-0.2, 0) is 14.3 Å². The number of Topliss-reactive ketones (excluding diaryl/α,β-unsaturated/α-hetero) is 1. The van der Waals surface area contributed by atoms with Gasteiger partial charge in [0.15, 0.2) is 17.3 Å². The van der Waals surface area contributed by atoms with Gasteiger partial charge in [0.05, 0.1) is 18.7 Å². The summed E-state index contributed by atoms with van der Waals surface area (Å²) in [4.78, 5) is 26.0. The van der Waals surface area contributed by atoms with E-state index in [9.17, 15) is 14.7 Å². The predicted molar refractivity (Wildman–Crippen MR) is 110 cm³/mol. The highest BCUT2D eigenvalue weighted by Gasteiger charge is 2.47. The molecule has 0 saturated heterocycles. The lowest BCUT2D eigenvalue weighted by Crippen LogP contribution is -2.43. The fraction of sp³-hybridized carbons (Fsp3) is 0.455. The summed E-state index contributed by atoms with van der Waals surface area (Å²) in [5.74, 6) is -1.95. The predicted octanol–water partition coefficient (Wildman–Crippen LogP) is 4.08. The summed E-state index contributed by atoms with van der Waals surface area (Å²) in [6.07, 6.45) is 1.02. The molecule has 29 heavy (non-hydrogen) atoms. The number of halogens is 1. The molecule has 156 valence electrons. The number of phenols is 1. The van der Waals surface area contributed by atoms with Crippen molar-refractivity contribution < 1.29 is 24.2 Å². The number of benzene rings is 1. The maximum atomic E-state index is 13.2. The first kappa shape index (κ1) is 21.2. The molecule has 7 heteroatoms. The molecule has 2 aliphatic rings. The Morgan fingerprint density at radius 1 is 1.38 bits per heavy atom. The molecule has 2 N–H and O–H groups in total. The van der Waals surface area contributed by atoms with E-state index in [0.29, 0.717) is 29.7 Å². The quantitative estimate of drug-likeness (QED) is 0.715. The van der Waals surface area contributed by atoms with Crippen molar-refractivity contribution in [1.29, 1.82) is 0 Å². The number of methoxy groups -OCH3 is 1. The van der Waals surface area contributed by atoms with Crippen LogP contribution < -0.4 is 10.1 Å². The number of phenolic OH excluding ortho intramolecular Hbond substituents is 1. The van der Waals surface area contributed by atoms with Crippen LogP contribution in [0.1, 0.15) is 45.1 Å². The molecule has 3 rings (SSSR count). The molecule has 1 aromatic rings. The van der Waals surface area contributed by atoms with Gasteiger partial charge < -0.3 is 19.9 Å². The highest BCUT2D eigenvalue weighted by Crippen LogP contribution is 2.50. The number of hydrogen-bond acceptors (Lipinski definition) is 6. The molecule has 0 bridgehead atoms. The van der Waals surface area contributed by atoms with Crippen LogP contribution in [0, 0.1) is 11.3 Å². The molecule has 6 nitrogen and oxygen atoms in total. The zero-order valence-electron chi connectivity index (χ0n) is 17.1. The molecule has 0 spiro atoms. The van der Waals surface area contributed by atoms with Gasteiger partial charge >= 0.3 is 5.97 Å². The summed E-state index contributed by atoms with van der Waals surface area (Å²) in [5.41, 5.74) is 2.17. The Morgan fingerprint density at radius 3 is 2.69 bits per heavy atom. The second-order valence-corrected chi connectivity index (χ2v) is 8.65. The van der Waals surface area contributed by atoms with Crippen molar-refractivity contribution in [2.24, 2.45) is 11.3 Å². The fourth-order valence-electron chi connectivity index (χ4n) is 4.24. The molecule has 1 aliphatic heterocycles. The molecular formula is C22H26ClNO5. The van der Waals surface area contributed by atoms with Gasteiger partial charge in [0.1, 0.15) is 5.92 Å². The highest BCUT2D eigenvalue weighted by molar-refractivity contribution is 6.32. The molecule has 0 saturated carbocycles. The summed E-state index contributed by atoms with van der Waals surface area (Å²) in [6.45, 7) is 10.1. The van der Waals surface area contributed by atoms with Crippen molar-refractivity contribution >= 4 is 23.4 Å². The van der Waals surface area contributed by atoms with Crippen LogP contribution in [0.2, 0.25) is 5.02 Å². The van der Waals surface area contributed by atoms with Gasteiger partial charge in [-0.25, -0.2) is 0 Å². The Labute approximate surface area is 175 Å². The lowest BCUT2D eigenvalue weighted by Gasteiger charge is -2.42. The van der Waals surface area contributed by atoms with Crippen molar-refractivity contribution in [3.8, 4) is 11.5 Å². The summed E-state index contributed by atoms with van der Waals surface area (Å²) in [5, 5.41) is 13.4.